The van der Waals surface area contributed by atoms with E-state index >= 15 is 0 Å². The Kier molecular flexibility index (Phi) is 2.42. The Hall–Kier alpha value is -1.39. The van der Waals surface area contributed by atoms with E-state index in [4.69, 9.17) is 23.8 Å². The number of hydrogen-bond donors (Lipinski definition) is 1. The molecule has 1 aromatic heterocycles. The molecule has 0 atom stereocenters. The van der Waals surface area contributed by atoms with E-state index in [1.165, 1.54) is 0 Å². The van der Waals surface area contributed by atoms with E-state index in [0.29, 0.717) is 11.6 Å². The lowest BCUT2D eigenvalue weighted by Crippen LogP contribution is -2.20. The standard InChI is InChI=1S/C12H10ClN3S/c1-7-11-5-14-12(17)9-4-8(13)2-3-10(9)16(11)6-15-7/h2-4,6H,5H2,1H3,(H,14,17). The normalized spacial score (nSPS) is 13.6. The third-order valence-corrected chi connectivity index (χ3v) is 3.55. The molecule has 0 saturated heterocycles. The van der Waals surface area contributed by atoms with Crippen LogP contribution in [0.25, 0.3) is 5.69 Å². The highest BCUT2D eigenvalue weighted by Crippen LogP contribution is 2.25. The number of benzene rings is 1. The summed E-state index contributed by atoms with van der Waals surface area (Å²) in [6.45, 7) is 2.69. The first-order valence-electron chi connectivity index (χ1n) is 5.28. The summed E-state index contributed by atoms with van der Waals surface area (Å²) in [5, 5.41) is 3.91. The first kappa shape index (κ1) is 10.7. The zero-order valence-corrected chi connectivity index (χ0v) is 10.8. The second-order valence-corrected chi connectivity index (χ2v) is 4.84. The van der Waals surface area contributed by atoms with Crippen LogP contribution in [0.4, 0.5) is 0 Å². The molecular weight excluding hydrogens is 254 g/mol. The van der Waals surface area contributed by atoms with Gasteiger partial charge in [-0.25, -0.2) is 4.98 Å². The molecule has 17 heavy (non-hydrogen) atoms. The lowest BCUT2D eigenvalue weighted by atomic mass is 10.2. The fourth-order valence-electron chi connectivity index (χ4n) is 2.04. The van der Waals surface area contributed by atoms with Crippen LogP contribution in [0.15, 0.2) is 24.5 Å². The van der Waals surface area contributed by atoms with Crippen LogP contribution in [0.2, 0.25) is 5.02 Å². The van der Waals surface area contributed by atoms with Gasteiger partial charge in [-0.1, -0.05) is 23.8 Å². The number of fused-ring (bicyclic) bond motifs is 3. The van der Waals surface area contributed by atoms with E-state index in [-0.39, 0.29) is 0 Å². The molecule has 0 fully saturated rings. The minimum atomic E-state index is 0.688. The van der Waals surface area contributed by atoms with Crippen LogP contribution in [0.3, 0.4) is 0 Å². The number of imidazole rings is 1. The Balaban J connectivity index is 2.31. The molecule has 1 aromatic carbocycles. The maximum atomic E-state index is 6.02. The van der Waals surface area contributed by atoms with Crippen LogP contribution in [0.5, 0.6) is 0 Å². The summed E-state index contributed by atoms with van der Waals surface area (Å²) in [6.07, 6.45) is 1.83. The maximum Gasteiger partial charge on any atom is 0.109 e. The maximum absolute atomic E-state index is 6.02. The number of aryl methyl sites for hydroxylation is 1. The van der Waals surface area contributed by atoms with Crippen molar-refractivity contribution < 1.29 is 0 Å². The number of rotatable bonds is 0. The Labute approximate surface area is 109 Å². The zero-order valence-electron chi connectivity index (χ0n) is 9.20. The number of nitrogens with zero attached hydrogens (tertiary/aromatic N) is 2. The summed E-state index contributed by atoms with van der Waals surface area (Å²) in [6, 6.07) is 5.73. The van der Waals surface area contributed by atoms with Gasteiger partial charge in [-0.15, -0.1) is 0 Å². The quantitative estimate of drug-likeness (QED) is 0.741. The van der Waals surface area contributed by atoms with Crippen LogP contribution < -0.4 is 5.32 Å². The van der Waals surface area contributed by atoms with Crippen LogP contribution >= 0.6 is 23.8 Å². The molecule has 86 valence electrons. The summed E-state index contributed by atoms with van der Waals surface area (Å²) >= 11 is 11.4. The van der Waals surface area contributed by atoms with Crippen molar-refractivity contribution in [2.24, 2.45) is 0 Å². The number of nitrogens with one attached hydrogen (secondary N) is 1. The molecule has 3 rings (SSSR count). The van der Waals surface area contributed by atoms with E-state index in [1.54, 1.807) is 0 Å². The van der Waals surface area contributed by atoms with Crippen molar-refractivity contribution in [3.63, 3.8) is 0 Å². The zero-order chi connectivity index (χ0) is 12.0. The van der Waals surface area contributed by atoms with E-state index in [1.807, 2.05) is 31.5 Å². The third-order valence-electron chi connectivity index (χ3n) is 2.95. The van der Waals surface area contributed by atoms with Crippen molar-refractivity contribution in [3.8, 4) is 5.69 Å². The van der Waals surface area contributed by atoms with Gasteiger partial charge in [0.05, 0.1) is 29.9 Å². The Bertz CT molecular complexity index is 618. The van der Waals surface area contributed by atoms with Crippen molar-refractivity contribution in [2.75, 3.05) is 0 Å². The lowest BCUT2D eigenvalue weighted by Gasteiger charge is -2.08. The average molecular weight is 264 g/mol. The van der Waals surface area contributed by atoms with Crippen molar-refractivity contribution in [3.05, 3.63) is 46.5 Å². The van der Waals surface area contributed by atoms with E-state index in [2.05, 4.69) is 14.9 Å². The van der Waals surface area contributed by atoms with Gasteiger partial charge < -0.3 is 9.88 Å². The second-order valence-electron chi connectivity index (χ2n) is 3.99. The number of halogens is 1. The molecule has 2 aromatic rings. The average Bonchev–Trinajstić information content (AvgIpc) is 2.61. The molecule has 0 saturated carbocycles. The molecule has 0 bridgehead atoms. The molecule has 2 heterocycles. The van der Waals surface area contributed by atoms with E-state index in [9.17, 15) is 0 Å². The molecule has 3 nitrogen and oxygen atoms in total. The highest BCUT2D eigenvalue weighted by molar-refractivity contribution is 7.80. The van der Waals surface area contributed by atoms with Crippen LogP contribution in [0.1, 0.15) is 17.0 Å². The molecule has 0 spiro atoms. The van der Waals surface area contributed by atoms with Gasteiger partial charge in [-0.2, -0.15) is 0 Å². The number of thiocarbonyl (C=S) groups is 1. The van der Waals surface area contributed by atoms with Gasteiger partial charge in [-0.05, 0) is 25.1 Å². The minimum absolute atomic E-state index is 0.688. The predicted molar refractivity (Wildman–Crippen MR) is 71.9 cm³/mol. The van der Waals surface area contributed by atoms with Crippen molar-refractivity contribution in [1.29, 1.82) is 0 Å². The fourth-order valence-corrected chi connectivity index (χ4v) is 2.45. The number of aromatic nitrogens is 2. The minimum Gasteiger partial charge on any atom is -0.370 e. The van der Waals surface area contributed by atoms with Crippen molar-refractivity contribution in [1.82, 2.24) is 14.9 Å². The molecule has 1 N–H and O–H groups in total. The van der Waals surface area contributed by atoms with Crippen LogP contribution in [-0.2, 0) is 6.54 Å². The number of hydrogen-bond acceptors (Lipinski definition) is 2. The lowest BCUT2D eigenvalue weighted by molar-refractivity contribution is 0.851. The topological polar surface area (TPSA) is 29.9 Å². The first-order valence-corrected chi connectivity index (χ1v) is 6.06. The first-order chi connectivity index (χ1) is 8.16. The highest BCUT2D eigenvalue weighted by atomic mass is 35.5. The molecule has 0 unspecified atom stereocenters. The monoisotopic (exact) mass is 263 g/mol. The predicted octanol–water partition coefficient (Wildman–Crippen LogP) is 2.61. The van der Waals surface area contributed by atoms with Gasteiger partial charge in [0.2, 0.25) is 0 Å². The fraction of sp³-hybridized carbons (Fsp3) is 0.167. The van der Waals surface area contributed by atoms with Gasteiger partial charge in [0.15, 0.2) is 0 Å². The van der Waals surface area contributed by atoms with Crippen LogP contribution in [-0.4, -0.2) is 14.5 Å². The molecule has 0 radical (unpaired) electrons. The summed E-state index contributed by atoms with van der Waals surface area (Å²) in [4.78, 5) is 5.06. The van der Waals surface area contributed by atoms with Gasteiger partial charge in [0.25, 0.3) is 0 Å². The molecule has 1 aliphatic rings. The van der Waals surface area contributed by atoms with E-state index < -0.39 is 0 Å². The second kappa shape index (κ2) is 3.82. The largest absolute Gasteiger partial charge is 0.370 e. The molecule has 5 heteroatoms. The Morgan fingerprint density at radius 3 is 3.12 bits per heavy atom. The van der Waals surface area contributed by atoms with Crippen molar-refractivity contribution >= 4 is 28.8 Å². The summed E-state index contributed by atoms with van der Waals surface area (Å²) < 4.78 is 2.06. The third kappa shape index (κ3) is 1.64. The van der Waals surface area contributed by atoms with Gasteiger partial charge in [-0.3, -0.25) is 0 Å². The Morgan fingerprint density at radius 1 is 1.47 bits per heavy atom. The molecular formula is C12H10ClN3S. The Morgan fingerprint density at radius 2 is 2.29 bits per heavy atom. The SMILES string of the molecule is Cc1ncn2c1CNC(=S)c1cc(Cl)ccc1-2. The van der Waals surface area contributed by atoms with Gasteiger partial charge >= 0.3 is 0 Å². The molecule has 0 amide bonds. The summed E-state index contributed by atoms with van der Waals surface area (Å²) in [5.74, 6) is 0. The smallest absolute Gasteiger partial charge is 0.109 e. The summed E-state index contributed by atoms with van der Waals surface area (Å²) in [5.41, 5.74) is 4.13. The van der Waals surface area contributed by atoms with Crippen molar-refractivity contribution in [2.45, 2.75) is 13.5 Å². The van der Waals surface area contributed by atoms with E-state index in [0.717, 1.165) is 27.6 Å². The van der Waals surface area contributed by atoms with Gasteiger partial charge in [0.1, 0.15) is 4.99 Å². The highest BCUT2D eigenvalue weighted by Gasteiger charge is 2.18. The summed E-state index contributed by atoms with van der Waals surface area (Å²) in [7, 11) is 0. The van der Waals surface area contributed by atoms with Crippen LogP contribution in [0, 0.1) is 6.92 Å². The molecule has 0 aliphatic carbocycles. The van der Waals surface area contributed by atoms with Gasteiger partial charge in [0, 0.05) is 10.6 Å². The molecule has 1 aliphatic heterocycles.